The predicted molar refractivity (Wildman–Crippen MR) is 103 cm³/mol. The molecule has 2 N–H and O–H groups in total. The first-order valence-electron chi connectivity index (χ1n) is 7.45. The van der Waals surface area contributed by atoms with Crippen molar-refractivity contribution in [3.8, 4) is 0 Å². The van der Waals surface area contributed by atoms with Gasteiger partial charge in [-0.1, -0.05) is 30.3 Å². The fourth-order valence-corrected chi connectivity index (χ4v) is 4.57. The van der Waals surface area contributed by atoms with Crippen molar-refractivity contribution >= 4 is 49.7 Å². The molecule has 0 aliphatic rings. The van der Waals surface area contributed by atoms with Gasteiger partial charge in [-0.25, -0.2) is 9.29 Å². The number of carbonyl (C=O) groups excluding carboxylic acids is 1. The van der Waals surface area contributed by atoms with Crippen LogP contribution in [-0.2, 0) is 16.8 Å². The molecule has 10 heteroatoms. The maximum absolute atomic E-state index is 12.3. The third-order valence-corrected chi connectivity index (χ3v) is 6.09. The number of hydrogen-bond acceptors (Lipinski definition) is 6. The number of benzene rings is 1. The van der Waals surface area contributed by atoms with Crippen molar-refractivity contribution < 1.29 is 17.8 Å². The molecular formula is C16H15N3O4S3. The van der Waals surface area contributed by atoms with Crippen LogP contribution in [0.1, 0.15) is 20.1 Å². The van der Waals surface area contributed by atoms with E-state index in [1.807, 2.05) is 6.07 Å². The summed E-state index contributed by atoms with van der Waals surface area (Å²) in [6, 6.07) is 10.4. The fourth-order valence-electron chi connectivity index (χ4n) is 2.32. The zero-order valence-electron chi connectivity index (χ0n) is 13.6. The number of aromatic nitrogens is 1. The number of rotatable bonds is 6. The molecule has 26 heavy (non-hydrogen) atoms. The van der Waals surface area contributed by atoms with Crippen LogP contribution in [0.4, 0.5) is 10.8 Å². The van der Waals surface area contributed by atoms with Gasteiger partial charge in [-0.3, -0.25) is 14.7 Å². The van der Waals surface area contributed by atoms with Gasteiger partial charge in [0.1, 0.15) is 0 Å². The molecule has 1 aromatic carbocycles. The monoisotopic (exact) mass is 409 g/mol. The highest BCUT2D eigenvalue weighted by atomic mass is 32.2. The van der Waals surface area contributed by atoms with E-state index in [2.05, 4.69) is 10.3 Å². The zero-order valence-corrected chi connectivity index (χ0v) is 16.1. The molecule has 0 aliphatic heterocycles. The summed E-state index contributed by atoms with van der Waals surface area (Å²) in [5, 5.41) is 4.85. The molecule has 3 rings (SSSR count). The fraction of sp³-hybridized carbons (Fsp3) is 0.125. The number of amides is 1. The highest BCUT2D eigenvalue weighted by molar-refractivity contribution is 7.87. The van der Waals surface area contributed by atoms with Gasteiger partial charge < -0.3 is 0 Å². The van der Waals surface area contributed by atoms with E-state index in [4.69, 9.17) is 0 Å². The number of hydrogen-bond donors (Lipinski definition) is 2. The van der Waals surface area contributed by atoms with Gasteiger partial charge in [0.05, 0.1) is 17.1 Å². The summed E-state index contributed by atoms with van der Waals surface area (Å²) in [6.45, 7) is 1.66. The van der Waals surface area contributed by atoms with E-state index < -0.39 is 10.3 Å². The number of thiophene rings is 1. The molecule has 2 aromatic heterocycles. The molecule has 0 spiro atoms. The zero-order chi connectivity index (χ0) is 18.7. The summed E-state index contributed by atoms with van der Waals surface area (Å²) >= 11 is 2.43. The molecule has 0 unspecified atom stereocenters. The van der Waals surface area contributed by atoms with Gasteiger partial charge in [0.25, 0.3) is 5.91 Å². The average molecular weight is 410 g/mol. The lowest BCUT2D eigenvalue weighted by Crippen LogP contribution is -2.29. The Kier molecular flexibility index (Phi) is 5.37. The van der Waals surface area contributed by atoms with E-state index in [1.165, 1.54) is 17.4 Å². The molecule has 0 bridgehead atoms. The van der Waals surface area contributed by atoms with Crippen molar-refractivity contribution in [2.75, 3.05) is 9.62 Å². The molecule has 0 saturated heterocycles. The van der Waals surface area contributed by atoms with Crippen LogP contribution in [0.2, 0.25) is 0 Å². The molecule has 0 saturated carbocycles. The number of nitrogens with one attached hydrogen (secondary N) is 1. The molecule has 2 heterocycles. The first-order valence-corrected chi connectivity index (χ1v) is 10.5. The molecule has 0 fully saturated rings. The van der Waals surface area contributed by atoms with Gasteiger partial charge >= 0.3 is 10.3 Å². The van der Waals surface area contributed by atoms with Gasteiger partial charge in [-0.05, 0) is 18.6 Å². The third kappa shape index (κ3) is 4.28. The Balaban J connectivity index is 1.90. The summed E-state index contributed by atoms with van der Waals surface area (Å²) in [5.74, 6) is -0.380. The molecule has 0 radical (unpaired) electrons. The first kappa shape index (κ1) is 18.5. The summed E-state index contributed by atoms with van der Waals surface area (Å²) in [6.07, 6.45) is 1.57. The lowest BCUT2D eigenvalue weighted by Gasteiger charge is -2.20. The SMILES string of the molecule is Cc1sc(C(=O)Nc2nccs2)cc1N(Cc1ccccc1)S(=O)(=O)O. The summed E-state index contributed by atoms with van der Waals surface area (Å²) in [5.41, 5.74) is 0.982. The maximum Gasteiger partial charge on any atom is 0.360 e. The van der Waals surface area contributed by atoms with Gasteiger partial charge in [0.2, 0.25) is 0 Å². The third-order valence-electron chi connectivity index (χ3n) is 3.48. The standard InChI is InChI=1S/C16H15N3O4S3/c1-11-13(9-14(25-11)15(20)18-16-17-7-8-24-16)19(26(21,22)23)10-12-5-3-2-4-6-12/h2-9H,10H2,1H3,(H,17,18,20)(H,21,22,23). The predicted octanol–water partition coefficient (Wildman–Crippen LogP) is 3.57. The van der Waals surface area contributed by atoms with Crippen LogP contribution in [0, 0.1) is 6.92 Å². The van der Waals surface area contributed by atoms with Crippen LogP contribution in [-0.4, -0.2) is 23.9 Å². The molecule has 3 aromatic rings. The van der Waals surface area contributed by atoms with Gasteiger partial charge in [-0.2, -0.15) is 8.42 Å². The van der Waals surface area contributed by atoms with Crippen molar-refractivity contribution in [3.63, 3.8) is 0 Å². The van der Waals surface area contributed by atoms with Gasteiger partial charge in [0, 0.05) is 16.5 Å². The number of aryl methyl sites for hydroxylation is 1. The molecule has 7 nitrogen and oxygen atoms in total. The Bertz CT molecular complexity index is 999. The Morgan fingerprint density at radius 3 is 2.65 bits per heavy atom. The Hall–Kier alpha value is -2.27. The van der Waals surface area contributed by atoms with Crippen molar-refractivity contribution in [2.45, 2.75) is 13.5 Å². The number of nitrogens with zero attached hydrogens (tertiary/aromatic N) is 2. The van der Waals surface area contributed by atoms with Crippen LogP contribution in [0.25, 0.3) is 0 Å². The molecule has 136 valence electrons. The smallest absolute Gasteiger partial charge is 0.297 e. The van der Waals surface area contributed by atoms with Crippen LogP contribution >= 0.6 is 22.7 Å². The second kappa shape index (κ2) is 7.54. The highest BCUT2D eigenvalue weighted by Crippen LogP contribution is 2.32. The Labute approximate surface area is 158 Å². The summed E-state index contributed by atoms with van der Waals surface area (Å²) in [4.78, 5) is 17.3. The second-order valence-electron chi connectivity index (χ2n) is 5.31. The van der Waals surface area contributed by atoms with E-state index in [9.17, 15) is 17.8 Å². The lowest BCUT2D eigenvalue weighted by atomic mass is 10.2. The second-order valence-corrected chi connectivity index (χ2v) is 8.80. The largest absolute Gasteiger partial charge is 0.360 e. The van der Waals surface area contributed by atoms with Crippen molar-refractivity contribution in [3.05, 3.63) is 63.3 Å². The molecule has 0 atom stereocenters. The van der Waals surface area contributed by atoms with E-state index >= 15 is 0 Å². The van der Waals surface area contributed by atoms with E-state index in [0.717, 1.165) is 15.6 Å². The number of carbonyl (C=O) groups is 1. The van der Waals surface area contributed by atoms with Crippen LogP contribution in [0.5, 0.6) is 0 Å². The molecule has 1 amide bonds. The van der Waals surface area contributed by atoms with E-state index in [1.54, 1.807) is 42.8 Å². The quantitative estimate of drug-likeness (QED) is 0.606. The molecule has 0 aliphatic carbocycles. The number of anilines is 2. The van der Waals surface area contributed by atoms with Gasteiger partial charge in [0.15, 0.2) is 5.13 Å². The van der Waals surface area contributed by atoms with Gasteiger partial charge in [-0.15, -0.1) is 22.7 Å². The van der Waals surface area contributed by atoms with Crippen LogP contribution in [0.3, 0.4) is 0 Å². The minimum absolute atomic E-state index is 0.0369. The minimum atomic E-state index is -4.50. The normalized spacial score (nSPS) is 11.3. The minimum Gasteiger partial charge on any atom is -0.297 e. The highest BCUT2D eigenvalue weighted by Gasteiger charge is 2.25. The summed E-state index contributed by atoms with van der Waals surface area (Å²) in [7, 11) is -4.50. The Morgan fingerprint density at radius 2 is 2.04 bits per heavy atom. The van der Waals surface area contributed by atoms with Crippen LogP contribution in [0.15, 0.2) is 48.0 Å². The van der Waals surface area contributed by atoms with Crippen molar-refractivity contribution in [1.82, 2.24) is 4.98 Å². The van der Waals surface area contributed by atoms with E-state index in [-0.39, 0.29) is 18.1 Å². The number of thiazole rings is 1. The van der Waals surface area contributed by atoms with Crippen molar-refractivity contribution in [1.29, 1.82) is 0 Å². The Morgan fingerprint density at radius 1 is 1.31 bits per heavy atom. The van der Waals surface area contributed by atoms with Crippen molar-refractivity contribution in [2.24, 2.45) is 0 Å². The molecular weight excluding hydrogens is 394 g/mol. The van der Waals surface area contributed by atoms with Crippen LogP contribution < -0.4 is 9.62 Å². The first-order chi connectivity index (χ1) is 12.3. The summed E-state index contributed by atoms with van der Waals surface area (Å²) < 4.78 is 34.4. The lowest BCUT2D eigenvalue weighted by molar-refractivity contribution is 0.103. The average Bonchev–Trinajstić information content (AvgIpc) is 3.22. The maximum atomic E-state index is 12.3. The van der Waals surface area contributed by atoms with E-state index in [0.29, 0.717) is 20.4 Å². The topological polar surface area (TPSA) is 99.6 Å².